The summed E-state index contributed by atoms with van der Waals surface area (Å²) in [6.07, 6.45) is 3.35. The molecule has 1 atom stereocenters. The van der Waals surface area contributed by atoms with E-state index in [1.54, 1.807) is 11.0 Å². The van der Waals surface area contributed by atoms with Gasteiger partial charge in [0.1, 0.15) is 18.5 Å². The van der Waals surface area contributed by atoms with Crippen LogP contribution in [0.1, 0.15) is 37.3 Å². The molecule has 3 rings (SSSR count). The van der Waals surface area contributed by atoms with Gasteiger partial charge in [0.15, 0.2) is 0 Å². The Morgan fingerprint density at radius 2 is 2.21 bits per heavy atom. The zero-order chi connectivity index (χ0) is 20.1. The first-order valence-corrected chi connectivity index (χ1v) is 9.33. The van der Waals surface area contributed by atoms with Gasteiger partial charge in [-0.3, -0.25) is 9.59 Å². The molecule has 0 fully saturated rings. The summed E-state index contributed by atoms with van der Waals surface area (Å²) in [5.74, 6) is -0.791. The van der Waals surface area contributed by atoms with Crippen LogP contribution in [0.4, 0.5) is 4.39 Å². The maximum atomic E-state index is 14.8. The zero-order valence-electron chi connectivity index (χ0n) is 15.8. The molecule has 2 aliphatic heterocycles. The van der Waals surface area contributed by atoms with Crippen LogP contribution in [-0.2, 0) is 14.4 Å². The van der Waals surface area contributed by atoms with Crippen molar-refractivity contribution in [3.05, 3.63) is 41.2 Å². The topological polar surface area (TPSA) is 91.2 Å². The monoisotopic (exact) mass is 389 g/mol. The molecule has 0 radical (unpaired) electrons. The molecule has 7 nitrogen and oxygen atoms in total. The number of aliphatic hydroxyl groups excluding tert-OH is 1. The smallest absolute Gasteiger partial charge is 0.248 e. The average Bonchev–Trinajstić information content (AvgIpc) is 3.03. The van der Waals surface area contributed by atoms with E-state index in [1.807, 2.05) is 12.1 Å². The van der Waals surface area contributed by atoms with Crippen LogP contribution in [0.25, 0.3) is 5.57 Å². The number of hydrogen-bond donors (Lipinski definition) is 2. The number of nitrogens with one attached hydrogen (secondary N) is 1. The summed E-state index contributed by atoms with van der Waals surface area (Å²) >= 11 is 0. The van der Waals surface area contributed by atoms with E-state index in [0.717, 1.165) is 5.57 Å². The van der Waals surface area contributed by atoms with Crippen molar-refractivity contribution in [3.63, 3.8) is 0 Å². The summed E-state index contributed by atoms with van der Waals surface area (Å²) in [4.78, 5) is 29.5. The van der Waals surface area contributed by atoms with Crippen LogP contribution in [0.3, 0.4) is 0 Å². The van der Waals surface area contributed by atoms with Crippen molar-refractivity contribution in [2.24, 2.45) is 5.16 Å². The lowest BCUT2D eigenvalue weighted by molar-refractivity contribution is -0.134. The van der Waals surface area contributed by atoms with Crippen LogP contribution < -0.4 is 5.32 Å². The van der Waals surface area contributed by atoms with Gasteiger partial charge in [-0.05, 0) is 24.5 Å². The van der Waals surface area contributed by atoms with Crippen molar-refractivity contribution in [3.8, 4) is 0 Å². The highest BCUT2D eigenvalue weighted by Crippen LogP contribution is 2.27. The number of halogens is 1. The van der Waals surface area contributed by atoms with Crippen LogP contribution >= 0.6 is 0 Å². The van der Waals surface area contributed by atoms with E-state index >= 15 is 0 Å². The van der Waals surface area contributed by atoms with Crippen molar-refractivity contribution in [1.82, 2.24) is 10.2 Å². The number of rotatable bonds is 5. The standard InChI is InChI=1S/C20H24FN3O4/c1-13(26)22-11-16-10-19(23-28-16)15-4-5-17(18(21)9-15)14-3-2-7-24(8-6-14)20(27)12-25/h3-5,9,16,25H,2,6-8,10-12H2,1H3,(H,22,26). The molecule has 0 bridgehead atoms. The van der Waals surface area contributed by atoms with Gasteiger partial charge in [0.2, 0.25) is 11.8 Å². The Balaban J connectivity index is 1.66. The van der Waals surface area contributed by atoms with Crippen LogP contribution in [0.15, 0.2) is 29.4 Å². The summed E-state index contributed by atoms with van der Waals surface area (Å²) in [6.45, 7) is 2.26. The minimum atomic E-state index is -0.508. The fourth-order valence-electron chi connectivity index (χ4n) is 3.38. The molecule has 8 heteroatoms. The Bertz CT molecular complexity index is 822. The Hall–Kier alpha value is -2.74. The highest BCUT2D eigenvalue weighted by Gasteiger charge is 2.24. The van der Waals surface area contributed by atoms with Crippen molar-refractivity contribution in [2.75, 3.05) is 26.2 Å². The first kappa shape index (κ1) is 20.0. The van der Waals surface area contributed by atoms with Gasteiger partial charge in [0, 0.05) is 37.6 Å². The van der Waals surface area contributed by atoms with Gasteiger partial charge in [0.05, 0.1) is 12.3 Å². The van der Waals surface area contributed by atoms with Crippen LogP contribution in [0.2, 0.25) is 0 Å². The Morgan fingerprint density at radius 3 is 2.93 bits per heavy atom. The van der Waals surface area contributed by atoms with Crippen LogP contribution in [-0.4, -0.2) is 59.9 Å². The normalized spacial score (nSPS) is 19.4. The second-order valence-corrected chi connectivity index (χ2v) is 6.91. The van der Waals surface area contributed by atoms with Gasteiger partial charge in [-0.1, -0.05) is 23.4 Å². The van der Waals surface area contributed by atoms with Gasteiger partial charge in [-0.25, -0.2) is 4.39 Å². The molecule has 1 aromatic carbocycles. The van der Waals surface area contributed by atoms with Crippen molar-refractivity contribution in [1.29, 1.82) is 0 Å². The molecule has 0 aromatic heterocycles. The molecule has 0 aliphatic carbocycles. The van der Waals surface area contributed by atoms with E-state index in [0.29, 0.717) is 55.7 Å². The molecule has 2 aliphatic rings. The molecule has 1 aromatic rings. The van der Waals surface area contributed by atoms with Gasteiger partial charge in [-0.15, -0.1) is 0 Å². The summed E-state index contributed by atoms with van der Waals surface area (Å²) in [7, 11) is 0. The lowest BCUT2D eigenvalue weighted by Crippen LogP contribution is -2.34. The highest BCUT2D eigenvalue weighted by molar-refractivity contribution is 6.01. The number of benzene rings is 1. The van der Waals surface area contributed by atoms with Gasteiger partial charge in [-0.2, -0.15) is 0 Å². The number of amides is 2. The van der Waals surface area contributed by atoms with E-state index in [-0.39, 0.29) is 23.7 Å². The predicted octanol–water partition coefficient (Wildman–Crippen LogP) is 1.45. The predicted molar refractivity (Wildman–Crippen MR) is 102 cm³/mol. The fraction of sp³-hybridized carbons (Fsp3) is 0.450. The summed E-state index contributed by atoms with van der Waals surface area (Å²) < 4.78 is 14.8. The lowest BCUT2D eigenvalue weighted by atomic mass is 9.97. The molecular formula is C20H24FN3O4. The quantitative estimate of drug-likeness (QED) is 0.798. The van der Waals surface area contributed by atoms with Crippen molar-refractivity contribution >= 4 is 23.1 Å². The van der Waals surface area contributed by atoms with Gasteiger partial charge >= 0.3 is 0 Å². The second-order valence-electron chi connectivity index (χ2n) is 6.91. The van der Waals surface area contributed by atoms with Crippen molar-refractivity contribution in [2.45, 2.75) is 32.3 Å². The molecule has 0 saturated heterocycles. The molecule has 1 unspecified atom stereocenters. The molecule has 2 N–H and O–H groups in total. The van der Waals surface area contributed by atoms with Crippen LogP contribution in [0, 0.1) is 5.82 Å². The summed E-state index contributed by atoms with van der Waals surface area (Å²) in [6, 6.07) is 4.98. The first-order valence-electron chi connectivity index (χ1n) is 9.33. The SMILES string of the molecule is CC(=O)NCC1CC(c2ccc(C3=CCCN(C(=O)CO)CC3)c(F)c2)=NO1. The summed E-state index contributed by atoms with van der Waals surface area (Å²) in [5, 5.41) is 15.7. The molecule has 0 spiro atoms. The molecule has 28 heavy (non-hydrogen) atoms. The molecular weight excluding hydrogens is 365 g/mol. The Morgan fingerprint density at radius 1 is 1.39 bits per heavy atom. The number of carbonyl (C=O) groups is 2. The number of carbonyl (C=O) groups excluding carboxylic acids is 2. The van der Waals surface area contributed by atoms with Gasteiger partial charge in [0.25, 0.3) is 0 Å². The third kappa shape index (κ3) is 4.75. The number of nitrogens with zero attached hydrogens (tertiary/aromatic N) is 2. The average molecular weight is 389 g/mol. The third-order valence-electron chi connectivity index (χ3n) is 4.89. The number of hydrogen-bond acceptors (Lipinski definition) is 5. The highest BCUT2D eigenvalue weighted by atomic mass is 19.1. The minimum absolute atomic E-state index is 0.136. The van der Waals surface area contributed by atoms with E-state index in [2.05, 4.69) is 10.5 Å². The third-order valence-corrected chi connectivity index (χ3v) is 4.89. The maximum Gasteiger partial charge on any atom is 0.248 e. The minimum Gasteiger partial charge on any atom is -0.390 e. The van der Waals surface area contributed by atoms with E-state index in [4.69, 9.17) is 9.94 Å². The zero-order valence-corrected chi connectivity index (χ0v) is 15.8. The van der Waals surface area contributed by atoms with Crippen LogP contribution in [0.5, 0.6) is 0 Å². The largest absolute Gasteiger partial charge is 0.390 e. The van der Waals surface area contributed by atoms with E-state index in [1.165, 1.54) is 13.0 Å². The van der Waals surface area contributed by atoms with Crippen molar-refractivity contribution < 1.29 is 23.9 Å². The number of aliphatic hydroxyl groups is 1. The maximum absolute atomic E-state index is 14.8. The molecule has 150 valence electrons. The number of oxime groups is 1. The molecule has 2 heterocycles. The Kier molecular flexibility index (Phi) is 6.41. The fourth-order valence-corrected chi connectivity index (χ4v) is 3.38. The Labute approximate surface area is 162 Å². The molecule has 0 saturated carbocycles. The van der Waals surface area contributed by atoms with E-state index < -0.39 is 6.61 Å². The van der Waals surface area contributed by atoms with Gasteiger partial charge < -0.3 is 20.2 Å². The summed E-state index contributed by atoms with van der Waals surface area (Å²) in [5.41, 5.74) is 2.66. The molecule has 2 amide bonds. The van der Waals surface area contributed by atoms with E-state index in [9.17, 15) is 14.0 Å². The lowest BCUT2D eigenvalue weighted by Gasteiger charge is -2.19. The first-order chi connectivity index (χ1) is 13.5. The second kappa shape index (κ2) is 8.97.